The van der Waals surface area contributed by atoms with Gasteiger partial charge < -0.3 is 10.1 Å². The van der Waals surface area contributed by atoms with Crippen LogP contribution in [-0.2, 0) is 0 Å². The maximum atomic E-state index is 5.96. The van der Waals surface area contributed by atoms with Gasteiger partial charge in [0.25, 0.3) is 0 Å². The molecule has 0 radical (unpaired) electrons. The number of halogens is 1. The van der Waals surface area contributed by atoms with E-state index in [0.29, 0.717) is 6.01 Å². The lowest BCUT2D eigenvalue weighted by Crippen LogP contribution is -2.20. The van der Waals surface area contributed by atoms with Gasteiger partial charge in [-0.1, -0.05) is 17.8 Å². The Balaban J connectivity index is 1.46. The van der Waals surface area contributed by atoms with Gasteiger partial charge in [-0.25, -0.2) is 15.0 Å². The first-order chi connectivity index (χ1) is 12.8. The number of hydrogen-bond donors (Lipinski definition) is 1. The van der Waals surface area contributed by atoms with E-state index in [1.54, 1.807) is 18.6 Å². The van der Waals surface area contributed by atoms with Crippen LogP contribution in [0.5, 0.6) is 6.01 Å². The van der Waals surface area contributed by atoms with Gasteiger partial charge in [-0.3, -0.25) is 0 Å². The summed E-state index contributed by atoms with van der Waals surface area (Å²) in [4.78, 5) is 18.5. The summed E-state index contributed by atoms with van der Waals surface area (Å²) in [5.41, 5.74) is 0.820. The second kappa shape index (κ2) is 8.09. The first-order valence-electron chi connectivity index (χ1n) is 8.61. The summed E-state index contributed by atoms with van der Waals surface area (Å²) >= 11 is 4.90. The van der Waals surface area contributed by atoms with Crippen LogP contribution in [0, 0.1) is 0 Å². The highest BCUT2D eigenvalue weighted by Crippen LogP contribution is 2.30. The second-order valence-corrected chi connectivity index (χ2v) is 8.06. The Morgan fingerprint density at radius 1 is 1.04 bits per heavy atom. The number of anilines is 2. The summed E-state index contributed by atoms with van der Waals surface area (Å²) in [6.45, 7) is 0. The summed E-state index contributed by atoms with van der Waals surface area (Å²) in [7, 11) is 0. The fraction of sp³-hybridized carbons (Fsp3) is 0.333. The van der Waals surface area contributed by atoms with E-state index in [1.807, 2.05) is 18.2 Å². The van der Waals surface area contributed by atoms with Gasteiger partial charge in [0.1, 0.15) is 11.9 Å². The van der Waals surface area contributed by atoms with E-state index < -0.39 is 0 Å². The molecule has 1 N–H and O–H groups in total. The number of thiazole rings is 1. The number of rotatable bonds is 5. The fourth-order valence-electron chi connectivity index (χ4n) is 2.88. The smallest absolute Gasteiger partial charge is 0.317 e. The summed E-state index contributed by atoms with van der Waals surface area (Å²) in [5.74, 6) is 0.748. The van der Waals surface area contributed by atoms with Gasteiger partial charge in [0.15, 0.2) is 5.13 Å². The number of nitrogens with one attached hydrogen (secondary N) is 1. The second-order valence-electron chi connectivity index (χ2n) is 6.12. The van der Waals surface area contributed by atoms with Gasteiger partial charge in [-0.15, -0.1) is 0 Å². The molecule has 0 unspecified atom stereocenters. The number of aromatic nitrogens is 4. The zero-order valence-corrected chi connectivity index (χ0v) is 16.5. The zero-order chi connectivity index (χ0) is 17.8. The monoisotopic (exact) mass is 431 g/mol. The molecular formula is C18H18BrN5OS. The van der Waals surface area contributed by atoms with E-state index in [2.05, 4.69) is 41.2 Å². The van der Waals surface area contributed by atoms with Crippen molar-refractivity contribution in [3.8, 4) is 16.6 Å². The normalized spacial score (nSPS) is 15.0. The Morgan fingerprint density at radius 3 is 2.73 bits per heavy atom. The lowest BCUT2D eigenvalue weighted by atomic mass is 9.98. The molecule has 1 aliphatic carbocycles. The number of nitrogens with zero attached hydrogens (tertiary/aromatic N) is 4. The predicted octanol–water partition coefficient (Wildman–Crippen LogP) is 5.21. The van der Waals surface area contributed by atoms with Crippen LogP contribution in [0.3, 0.4) is 0 Å². The SMILES string of the molecule is Brc1ccc(Nc2ncc(-c3ccnc(OC4CCCCC4)n3)s2)nc1. The number of hydrogen-bond acceptors (Lipinski definition) is 7. The molecule has 0 amide bonds. The molecule has 4 rings (SSSR count). The maximum absolute atomic E-state index is 5.96. The van der Waals surface area contributed by atoms with Crippen molar-refractivity contribution in [2.45, 2.75) is 38.2 Å². The number of pyridine rings is 1. The highest BCUT2D eigenvalue weighted by Gasteiger charge is 2.16. The first-order valence-corrected chi connectivity index (χ1v) is 10.2. The fourth-order valence-corrected chi connectivity index (χ4v) is 3.90. The third kappa shape index (κ3) is 4.37. The summed E-state index contributed by atoms with van der Waals surface area (Å²) < 4.78 is 6.90. The van der Waals surface area contributed by atoms with Crippen molar-refractivity contribution in [3.63, 3.8) is 0 Å². The average molecular weight is 432 g/mol. The maximum Gasteiger partial charge on any atom is 0.317 e. The standard InChI is InChI=1S/C18H18BrN5OS/c19-12-6-7-16(21-10-12)24-18-22-11-15(26-18)14-8-9-20-17(23-14)25-13-4-2-1-3-5-13/h6-11,13H,1-5H2,(H,21,22,24). The van der Waals surface area contributed by atoms with Crippen LogP contribution in [0.4, 0.5) is 10.9 Å². The van der Waals surface area contributed by atoms with Crippen LogP contribution in [0.15, 0.2) is 41.3 Å². The van der Waals surface area contributed by atoms with Crippen molar-refractivity contribution >= 4 is 38.2 Å². The molecule has 0 bridgehead atoms. The zero-order valence-electron chi connectivity index (χ0n) is 14.1. The minimum atomic E-state index is 0.237. The average Bonchev–Trinajstić information content (AvgIpc) is 3.13. The molecule has 0 spiro atoms. The van der Waals surface area contributed by atoms with Crippen molar-refractivity contribution in [1.29, 1.82) is 0 Å². The minimum Gasteiger partial charge on any atom is -0.460 e. The summed E-state index contributed by atoms with van der Waals surface area (Å²) in [6, 6.07) is 6.16. The van der Waals surface area contributed by atoms with E-state index >= 15 is 0 Å². The summed E-state index contributed by atoms with van der Waals surface area (Å²) in [6.07, 6.45) is 11.4. The van der Waals surface area contributed by atoms with Crippen LogP contribution in [-0.4, -0.2) is 26.0 Å². The van der Waals surface area contributed by atoms with Crippen LogP contribution >= 0.6 is 27.3 Å². The van der Waals surface area contributed by atoms with Crippen LogP contribution in [0.1, 0.15) is 32.1 Å². The van der Waals surface area contributed by atoms with Gasteiger partial charge in [-0.05, 0) is 59.8 Å². The van der Waals surface area contributed by atoms with E-state index in [9.17, 15) is 0 Å². The molecule has 0 atom stereocenters. The molecule has 3 aromatic heterocycles. The van der Waals surface area contributed by atoms with Crippen LogP contribution in [0.2, 0.25) is 0 Å². The van der Waals surface area contributed by atoms with Crippen LogP contribution in [0.25, 0.3) is 10.6 Å². The molecule has 3 heterocycles. The molecule has 134 valence electrons. The Labute approximate surface area is 164 Å². The topological polar surface area (TPSA) is 72.8 Å². The highest BCUT2D eigenvalue weighted by atomic mass is 79.9. The van der Waals surface area contributed by atoms with Crippen molar-refractivity contribution < 1.29 is 4.74 Å². The predicted molar refractivity (Wildman–Crippen MR) is 106 cm³/mol. The van der Waals surface area contributed by atoms with E-state index in [-0.39, 0.29) is 6.10 Å². The molecule has 1 aliphatic rings. The summed E-state index contributed by atoms with van der Waals surface area (Å²) in [5, 5.41) is 3.97. The molecule has 3 aromatic rings. The largest absolute Gasteiger partial charge is 0.460 e. The lowest BCUT2D eigenvalue weighted by molar-refractivity contribution is 0.142. The van der Waals surface area contributed by atoms with E-state index in [4.69, 9.17) is 4.74 Å². The molecular weight excluding hydrogens is 414 g/mol. The first kappa shape index (κ1) is 17.4. The number of ether oxygens (including phenoxy) is 1. The highest BCUT2D eigenvalue weighted by molar-refractivity contribution is 9.10. The molecule has 0 aliphatic heterocycles. The van der Waals surface area contributed by atoms with Gasteiger partial charge >= 0.3 is 6.01 Å². The van der Waals surface area contributed by atoms with E-state index in [1.165, 1.54) is 30.6 Å². The molecule has 8 heteroatoms. The lowest BCUT2D eigenvalue weighted by Gasteiger charge is -2.21. The Hall–Kier alpha value is -2.06. The van der Waals surface area contributed by atoms with Crippen molar-refractivity contribution in [3.05, 3.63) is 41.3 Å². The molecule has 0 aromatic carbocycles. The van der Waals surface area contributed by atoms with Gasteiger partial charge in [0.2, 0.25) is 0 Å². The molecule has 0 saturated heterocycles. The Kier molecular flexibility index (Phi) is 5.40. The van der Waals surface area contributed by atoms with E-state index in [0.717, 1.165) is 38.8 Å². The third-order valence-electron chi connectivity index (χ3n) is 4.18. The van der Waals surface area contributed by atoms with Crippen molar-refractivity contribution in [2.24, 2.45) is 0 Å². The van der Waals surface area contributed by atoms with Gasteiger partial charge in [0, 0.05) is 23.1 Å². The molecule has 6 nitrogen and oxygen atoms in total. The Bertz CT molecular complexity index is 864. The van der Waals surface area contributed by atoms with Crippen LogP contribution < -0.4 is 10.1 Å². The van der Waals surface area contributed by atoms with Crippen molar-refractivity contribution in [2.75, 3.05) is 5.32 Å². The quantitative estimate of drug-likeness (QED) is 0.597. The van der Waals surface area contributed by atoms with Crippen molar-refractivity contribution in [1.82, 2.24) is 19.9 Å². The third-order valence-corrected chi connectivity index (χ3v) is 5.58. The molecule has 1 fully saturated rings. The minimum absolute atomic E-state index is 0.237. The molecule has 26 heavy (non-hydrogen) atoms. The molecule has 1 saturated carbocycles. The van der Waals surface area contributed by atoms with Gasteiger partial charge in [0.05, 0.1) is 10.6 Å². The Morgan fingerprint density at radius 2 is 1.92 bits per heavy atom. The van der Waals surface area contributed by atoms with Gasteiger partial charge in [-0.2, -0.15) is 4.98 Å².